The lowest BCUT2D eigenvalue weighted by Gasteiger charge is -2.35. The molecule has 2 aliphatic rings. The van der Waals surface area contributed by atoms with Crippen molar-refractivity contribution in [2.75, 3.05) is 26.4 Å². The molecule has 0 atom stereocenters. The number of aliphatic hydroxyl groups excluding tert-OH is 2. The fraction of sp³-hybridized carbons (Fsp3) is 0.172. The third kappa shape index (κ3) is 5.89. The summed E-state index contributed by atoms with van der Waals surface area (Å²) in [5, 5.41) is 19.1. The zero-order valence-corrected chi connectivity index (χ0v) is 35.7. The van der Waals surface area contributed by atoms with E-state index in [1.807, 2.05) is 0 Å². The second kappa shape index (κ2) is 15.6. The number of fused-ring (bicyclic) bond motifs is 6. The molecule has 8 aromatic carbocycles. The van der Waals surface area contributed by atoms with E-state index in [4.69, 9.17) is 9.47 Å². The largest absolute Gasteiger partial charge is 0.491 e. The van der Waals surface area contributed by atoms with Crippen molar-refractivity contribution in [2.24, 2.45) is 0 Å². The molecular formula is C58H50O4. The van der Waals surface area contributed by atoms with Crippen LogP contribution in [-0.2, 0) is 10.8 Å². The lowest BCUT2D eigenvalue weighted by molar-refractivity contribution is 0.200. The molecule has 0 heterocycles. The number of aryl methyl sites for hydroxylation is 4. The molecule has 2 aliphatic carbocycles. The maximum atomic E-state index is 9.56. The Balaban J connectivity index is 1.10. The summed E-state index contributed by atoms with van der Waals surface area (Å²) in [5.74, 6) is 1.66. The van der Waals surface area contributed by atoms with E-state index in [9.17, 15) is 10.2 Å². The smallest absolute Gasteiger partial charge is 0.125 e. The first-order chi connectivity index (χ1) is 30.3. The fourth-order valence-corrected chi connectivity index (χ4v) is 11.0. The van der Waals surface area contributed by atoms with Crippen molar-refractivity contribution < 1.29 is 19.7 Å². The Hall–Kier alpha value is -6.72. The second-order valence-electron chi connectivity index (χ2n) is 16.9. The van der Waals surface area contributed by atoms with E-state index in [1.165, 1.54) is 66.8 Å². The van der Waals surface area contributed by atoms with Crippen LogP contribution in [0.5, 0.6) is 11.5 Å². The SMILES string of the molecule is Cc1cc(C2(c3ccc(-c4ccc(C5(c6cc(C)c(OCCO)c(C)c6)c6ccccc6-c6ccccc65)cc4)cc3)c3ccccc3-c3ccccc32)cc(C)c1OCCO. The molecule has 0 fully saturated rings. The third-order valence-electron chi connectivity index (χ3n) is 13.3. The predicted octanol–water partition coefficient (Wildman–Crippen LogP) is 12.1. The topological polar surface area (TPSA) is 58.9 Å². The molecule has 0 aromatic heterocycles. The van der Waals surface area contributed by atoms with Gasteiger partial charge in [0.15, 0.2) is 0 Å². The Morgan fingerprint density at radius 3 is 0.903 bits per heavy atom. The monoisotopic (exact) mass is 810 g/mol. The van der Waals surface area contributed by atoms with Crippen LogP contribution in [0.25, 0.3) is 33.4 Å². The van der Waals surface area contributed by atoms with Gasteiger partial charge in [0.05, 0.1) is 24.0 Å². The normalized spacial score (nSPS) is 13.8. The van der Waals surface area contributed by atoms with E-state index in [1.54, 1.807) is 0 Å². The second-order valence-corrected chi connectivity index (χ2v) is 16.9. The standard InChI is InChI=1S/C58H50O4/c1-37-33-45(34-38(2)55(37)61-31-29-59)57(51-17-9-5-13-47(51)48-14-6-10-18-52(48)57)43-25-21-41(22-26-43)42-23-27-44(28-24-42)58(46-35-39(3)56(40(4)36-46)62-32-30-60)53-19-11-7-15-49(53)50-16-8-12-20-54(50)58/h5-28,33-36,59-60H,29-32H2,1-4H3. The maximum Gasteiger partial charge on any atom is 0.125 e. The van der Waals surface area contributed by atoms with E-state index in [2.05, 4.69) is 198 Å². The Bertz CT molecular complexity index is 2640. The summed E-state index contributed by atoms with van der Waals surface area (Å²) >= 11 is 0. The van der Waals surface area contributed by atoms with Crippen LogP contribution >= 0.6 is 0 Å². The Morgan fingerprint density at radius 2 is 0.629 bits per heavy atom. The molecule has 10 rings (SSSR count). The van der Waals surface area contributed by atoms with Crippen LogP contribution in [-0.4, -0.2) is 36.6 Å². The molecule has 306 valence electrons. The minimum absolute atomic E-state index is 0.0288. The Labute approximate surface area is 364 Å². The highest BCUT2D eigenvalue weighted by atomic mass is 16.5. The van der Waals surface area contributed by atoms with Crippen LogP contribution in [0, 0.1) is 27.7 Å². The van der Waals surface area contributed by atoms with E-state index in [0.717, 1.165) is 44.9 Å². The molecule has 4 nitrogen and oxygen atoms in total. The number of aliphatic hydroxyl groups is 2. The minimum Gasteiger partial charge on any atom is -0.491 e. The lowest BCUT2D eigenvalue weighted by Crippen LogP contribution is -2.29. The van der Waals surface area contributed by atoms with Crippen molar-refractivity contribution >= 4 is 0 Å². The molecule has 0 saturated heterocycles. The molecular weight excluding hydrogens is 761 g/mol. The van der Waals surface area contributed by atoms with E-state index in [-0.39, 0.29) is 26.4 Å². The van der Waals surface area contributed by atoms with Crippen molar-refractivity contribution in [1.29, 1.82) is 0 Å². The van der Waals surface area contributed by atoms with Gasteiger partial charge in [0, 0.05) is 0 Å². The average molecular weight is 811 g/mol. The molecule has 0 unspecified atom stereocenters. The van der Waals surface area contributed by atoms with Gasteiger partial charge in [-0.1, -0.05) is 170 Å². The van der Waals surface area contributed by atoms with E-state index in [0.29, 0.717) is 0 Å². The molecule has 0 bridgehead atoms. The van der Waals surface area contributed by atoms with E-state index < -0.39 is 10.8 Å². The quantitative estimate of drug-likeness (QED) is 0.137. The van der Waals surface area contributed by atoms with Crippen LogP contribution in [0.4, 0.5) is 0 Å². The highest BCUT2D eigenvalue weighted by molar-refractivity contribution is 5.88. The van der Waals surface area contributed by atoms with Crippen LogP contribution in [0.3, 0.4) is 0 Å². The van der Waals surface area contributed by atoms with Gasteiger partial charge in [-0.3, -0.25) is 0 Å². The van der Waals surface area contributed by atoms with Gasteiger partial charge in [0.2, 0.25) is 0 Å². The van der Waals surface area contributed by atoms with Gasteiger partial charge in [-0.15, -0.1) is 0 Å². The van der Waals surface area contributed by atoms with Gasteiger partial charge in [0.1, 0.15) is 24.7 Å². The lowest BCUT2D eigenvalue weighted by atomic mass is 9.66. The van der Waals surface area contributed by atoms with Gasteiger partial charge in [-0.25, -0.2) is 0 Å². The number of ether oxygens (including phenoxy) is 2. The van der Waals surface area contributed by atoms with Gasteiger partial charge in [0.25, 0.3) is 0 Å². The van der Waals surface area contributed by atoms with Crippen molar-refractivity contribution in [2.45, 2.75) is 38.5 Å². The highest BCUT2D eigenvalue weighted by Crippen LogP contribution is 2.58. The zero-order chi connectivity index (χ0) is 42.6. The maximum absolute atomic E-state index is 9.56. The molecule has 0 aliphatic heterocycles. The van der Waals surface area contributed by atoms with Crippen molar-refractivity contribution in [3.63, 3.8) is 0 Å². The average Bonchev–Trinajstić information content (AvgIpc) is 3.77. The molecule has 62 heavy (non-hydrogen) atoms. The van der Waals surface area contributed by atoms with Gasteiger partial charge in [-0.05, 0) is 128 Å². The molecule has 0 radical (unpaired) electrons. The number of hydrogen-bond donors (Lipinski definition) is 2. The Kier molecular flexibility index (Phi) is 9.94. The number of hydrogen-bond acceptors (Lipinski definition) is 4. The molecule has 0 spiro atoms. The number of rotatable bonds is 11. The van der Waals surface area contributed by atoms with E-state index >= 15 is 0 Å². The first-order valence-corrected chi connectivity index (χ1v) is 21.6. The Morgan fingerprint density at radius 1 is 0.355 bits per heavy atom. The summed E-state index contributed by atoms with van der Waals surface area (Å²) in [7, 11) is 0. The predicted molar refractivity (Wildman–Crippen MR) is 251 cm³/mol. The molecule has 2 N–H and O–H groups in total. The summed E-state index contributed by atoms with van der Waals surface area (Å²) in [6.45, 7) is 8.88. The summed E-state index contributed by atoms with van der Waals surface area (Å²) < 4.78 is 12.1. The first-order valence-electron chi connectivity index (χ1n) is 21.6. The fourth-order valence-electron chi connectivity index (χ4n) is 11.0. The van der Waals surface area contributed by atoms with Crippen LogP contribution < -0.4 is 9.47 Å². The first kappa shape index (κ1) is 39.4. The van der Waals surface area contributed by atoms with Crippen LogP contribution in [0.1, 0.15) is 66.8 Å². The van der Waals surface area contributed by atoms with Crippen molar-refractivity contribution in [3.8, 4) is 44.9 Å². The molecule has 0 amide bonds. The van der Waals surface area contributed by atoms with Gasteiger partial charge in [-0.2, -0.15) is 0 Å². The van der Waals surface area contributed by atoms with Crippen LogP contribution in [0.2, 0.25) is 0 Å². The van der Waals surface area contributed by atoms with Gasteiger partial charge >= 0.3 is 0 Å². The minimum atomic E-state index is -0.550. The van der Waals surface area contributed by atoms with Crippen molar-refractivity contribution in [1.82, 2.24) is 0 Å². The summed E-state index contributed by atoms with van der Waals surface area (Å²) in [6, 6.07) is 62.8. The molecule has 0 saturated carbocycles. The number of benzene rings is 8. The van der Waals surface area contributed by atoms with Gasteiger partial charge < -0.3 is 19.7 Å². The summed E-state index contributed by atoms with van der Waals surface area (Å²) in [6.07, 6.45) is 0. The third-order valence-corrected chi connectivity index (χ3v) is 13.3. The summed E-state index contributed by atoms with van der Waals surface area (Å²) in [4.78, 5) is 0. The highest BCUT2D eigenvalue weighted by Gasteiger charge is 2.48. The molecule has 8 aromatic rings. The van der Waals surface area contributed by atoms with Crippen LogP contribution in [0.15, 0.2) is 170 Å². The summed E-state index contributed by atoms with van der Waals surface area (Å²) in [5.41, 5.74) is 20.2. The molecule has 4 heteroatoms. The van der Waals surface area contributed by atoms with Crippen molar-refractivity contribution in [3.05, 3.63) is 237 Å². The zero-order valence-electron chi connectivity index (χ0n) is 35.7.